The molecular formula is C69H124O6. The van der Waals surface area contributed by atoms with Crippen molar-refractivity contribution >= 4 is 17.9 Å². The van der Waals surface area contributed by atoms with Gasteiger partial charge < -0.3 is 14.2 Å². The van der Waals surface area contributed by atoms with Crippen LogP contribution in [-0.2, 0) is 28.6 Å². The summed E-state index contributed by atoms with van der Waals surface area (Å²) < 4.78 is 16.9. The molecule has 0 bridgehead atoms. The number of unbranched alkanes of at least 4 members (excludes halogenated alkanes) is 39. The molecule has 0 radical (unpaired) electrons. The molecule has 436 valence electrons. The Hall–Kier alpha value is -2.89. The second-order valence-electron chi connectivity index (χ2n) is 22.0. The molecule has 0 aliphatic heterocycles. The van der Waals surface area contributed by atoms with Crippen LogP contribution >= 0.6 is 0 Å². The average Bonchev–Trinajstić information content (AvgIpc) is 3.41. The first-order chi connectivity index (χ1) is 37.0. The lowest BCUT2D eigenvalue weighted by atomic mass is 10.0. The minimum absolute atomic E-state index is 0.0907. The molecule has 6 nitrogen and oxygen atoms in total. The van der Waals surface area contributed by atoms with Gasteiger partial charge in [0.1, 0.15) is 13.2 Å². The zero-order chi connectivity index (χ0) is 54.3. The normalized spacial score (nSPS) is 12.4. The number of esters is 3. The molecule has 0 aromatic carbocycles. The minimum Gasteiger partial charge on any atom is -0.462 e. The number of rotatable bonds is 60. The highest BCUT2D eigenvalue weighted by atomic mass is 16.6. The summed E-state index contributed by atoms with van der Waals surface area (Å²) in [5.41, 5.74) is 0. The molecule has 0 saturated carbocycles. The van der Waals surface area contributed by atoms with Crippen molar-refractivity contribution < 1.29 is 28.6 Å². The number of hydrogen-bond acceptors (Lipinski definition) is 6. The SMILES string of the molecule is CC/C=C\C/C=C\C/C=C\C/C=C\CCCCC(=O)OC(COC(=O)CCCCCCC/C=C\CCCCCC)COC(=O)CCCCCCCCCCCCCCCCCCCCCCCCCCCCCCC. The van der Waals surface area contributed by atoms with Crippen LogP contribution in [0.1, 0.15) is 342 Å². The predicted octanol–water partition coefficient (Wildman–Crippen LogP) is 22.3. The summed E-state index contributed by atoms with van der Waals surface area (Å²) in [5.74, 6) is -0.926. The number of carbonyl (C=O) groups is 3. The van der Waals surface area contributed by atoms with Gasteiger partial charge in [0.05, 0.1) is 0 Å². The second-order valence-corrected chi connectivity index (χ2v) is 22.0. The van der Waals surface area contributed by atoms with Gasteiger partial charge in [0, 0.05) is 19.3 Å². The van der Waals surface area contributed by atoms with Gasteiger partial charge >= 0.3 is 17.9 Å². The van der Waals surface area contributed by atoms with E-state index in [1.54, 1.807) is 0 Å². The molecule has 1 unspecified atom stereocenters. The fourth-order valence-electron chi connectivity index (χ4n) is 9.61. The van der Waals surface area contributed by atoms with Gasteiger partial charge in [-0.3, -0.25) is 14.4 Å². The molecule has 0 N–H and O–H groups in total. The summed E-state index contributed by atoms with van der Waals surface area (Å²) in [6, 6.07) is 0. The molecule has 0 fully saturated rings. The maximum atomic E-state index is 12.9. The molecule has 0 aromatic rings. The smallest absolute Gasteiger partial charge is 0.306 e. The van der Waals surface area contributed by atoms with E-state index < -0.39 is 6.10 Å². The van der Waals surface area contributed by atoms with Crippen molar-refractivity contribution in [2.45, 2.75) is 348 Å². The second kappa shape index (κ2) is 63.6. The Balaban J connectivity index is 4.19. The minimum atomic E-state index is -0.798. The Kier molecular flexibility index (Phi) is 61.2. The van der Waals surface area contributed by atoms with Crippen molar-refractivity contribution in [3.8, 4) is 0 Å². The largest absolute Gasteiger partial charge is 0.462 e. The van der Waals surface area contributed by atoms with Gasteiger partial charge in [-0.05, 0) is 83.5 Å². The summed E-state index contributed by atoms with van der Waals surface area (Å²) in [5, 5.41) is 0. The van der Waals surface area contributed by atoms with Crippen LogP contribution in [0, 0.1) is 0 Å². The van der Waals surface area contributed by atoms with E-state index in [0.29, 0.717) is 19.3 Å². The lowest BCUT2D eigenvalue weighted by Crippen LogP contribution is -2.30. The zero-order valence-electron chi connectivity index (χ0n) is 50.1. The van der Waals surface area contributed by atoms with Crippen LogP contribution in [0.25, 0.3) is 0 Å². The Morgan fingerprint density at radius 1 is 0.280 bits per heavy atom. The van der Waals surface area contributed by atoms with Gasteiger partial charge in [0.2, 0.25) is 0 Å². The summed E-state index contributed by atoms with van der Waals surface area (Å²) in [6.07, 6.45) is 81.2. The molecule has 1 atom stereocenters. The van der Waals surface area contributed by atoms with Crippen LogP contribution in [0.15, 0.2) is 60.8 Å². The molecule has 0 rings (SSSR count). The number of allylic oxidation sites excluding steroid dienone is 10. The van der Waals surface area contributed by atoms with Crippen LogP contribution in [0.4, 0.5) is 0 Å². The summed E-state index contributed by atoms with van der Waals surface area (Å²) in [7, 11) is 0. The molecule has 0 aliphatic carbocycles. The number of ether oxygens (including phenoxy) is 3. The molecule has 6 heteroatoms. The Morgan fingerprint density at radius 3 is 0.867 bits per heavy atom. The Bertz CT molecular complexity index is 1340. The number of hydrogen-bond donors (Lipinski definition) is 0. The Labute approximate surface area is 466 Å². The van der Waals surface area contributed by atoms with E-state index in [2.05, 4.69) is 81.5 Å². The van der Waals surface area contributed by atoms with E-state index in [1.165, 1.54) is 212 Å². The quantitative estimate of drug-likeness (QED) is 0.0261. The highest BCUT2D eigenvalue weighted by Gasteiger charge is 2.19. The van der Waals surface area contributed by atoms with Crippen LogP contribution in [0.5, 0.6) is 0 Å². The standard InChI is InChI=1S/C69H124O6/c1-4-7-10-13-16-19-22-25-27-28-29-30-31-32-33-34-35-36-37-38-39-40-42-44-47-50-53-56-59-62-68(71)74-65-66(64-73-67(70)61-58-55-52-49-46-43-24-21-18-15-12-9-6-3)75-69(72)63-60-57-54-51-48-45-41-26-23-20-17-14-11-8-5-2/h8,11,17,20-21,24,26,41,48,51,66H,4-7,9-10,12-16,18-19,22-23,25,27-40,42-47,49-50,52-65H2,1-3H3/b11-8-,20-17-,24-21-,41-26-,51-48-. The van der Waals surface area contributed by atoms with Gasteiger partial charge in [0.25, 0.3) is 0 Å². The molecule has 0 saturated heterocycles. The van der Waals surface area contributed by atoms with E-state index in [0.717, 1.165) is 83.5 Å². The molecule has 0 aliphatic rings. The molecular weight excluding hydrogens is 925 g/mol. The van der Waals surface area contributed by atoms with Crippen LogP contribution in [0.3, 0.4) is 0 Å². The van der Waals surface area contributed by atoms with Crippen LogP contribution in [0.2, 0.25) is 0 Å². The first-order valence-electron chi connectivity index (χ1n) is 32.8. The third-order valence-corrected chi connectivity index (χ3v) is 14.5. The third kappa shape index (κ3) is 61.8. The van der Waals surface area contributed by atoms with Crippen molar-refractivity contribution in [2.24, 2.45) is 0 Å². The maximum Gasteiger partial charge on any atom is 0.306 e. The number of carbonyl (C=O) groups excluding carboxylic acids is 3. The van der Waals surface area contributed by atoms with Gasteiger partial charge in [0.15, 0.2) is 6.10 Å². The summed E-state index contributed by atoms with van der Waals surface area (Å²) >= 11 is 0. The Morgan fingerprint density at radius 2 is 0.520 bits per heavy atom. The van der Waals surface area contributed by atoms with E-state index in [9.17, 15) is 14.4 Å². The third-order valence-electron chi connectivity index (χ3n) is 14.5. The van der Waals surface area contributed by atoms with Crippen molar-refractivity contribution in [1.29, 1.82) is 0 Å². The van der Waals surface area contributed by atoms with Crippen LogP contribution in [-0.4, -0.2) is 37.2 Å². The molecule has 0 heterocycles. The first kappa shape index (κ1) is 72.1. The molecule has 75 heavy (non-hydrogen) atoms. The van der Waals surface area contributed by atoms with Crippen molar-refractivity contribution in [2.75, 3.05) is 13.2 Å². The first-order valence-corrected chi connectivity index (χ1v) is 32.8. The maximum absolute atomic E-state index is 12.9. The summed E-state index contributed by atoms with van der Waals surface area (Å²) in [6.45, 7) is 6.51. The molecule has 0 spiro atoms. The van der Waals surface area contributed by atoms with Gasteiger partial charge in [-0.15, -0.1) is 0 Å². The van der Waals surface area contributed by atoms with Crippen molar-refractivity contribution in [1.82, 2.24) is 0 Å². The predicted molar refractivity (Wildman–Crippen MR) is 325 cm³/mol. The molecule has 0 amide bonds. The van der Waals surface area contributed by atoms with E-state index in [-0.39, 0.29) is 37.5 Å². The van der Waals surface area contributed by atoms with Gasteiger partial charge in [-0.2, -0.15) is 0 Å². The van der Waals surface area contributed by atoms with Crippen molar-refractivity contribution in [3.05, 3.63) is 60.8 Å². The topological polar surface area (TPSA) is 78.9 Å². The van der Waals surface area contributed by atoms with Crippen LogP contribution < -0.4 is 0 Å². The lowest BCUT2D eigenvalue weighted by Gasteiger charge is -2.18. The molecule has 0 aromatic heterocycles. The average molecular weight is 1050 g/mol. The fourth-order valence-corrected chi connectivity index (χ4v) is 9.61. The lowest BCUT2D eigenvalue weighted by molar-refractivity contribution is -0.167. The van der Waals surface area contributed by atoms with E-state index in [4.69, 9.17) is 14.2 Å². The highest BCUT2D eigenvalue weighted by Crippen LogP contribution is 2.18. The summed E-state index contributed by atoms with van der Waals surface area (Å²) in [4.78, 5) is 38.2. The van der Waals surface area contributed by atoms with Crippen molar-refractivity contribution in [3.63, 3.8) is 0 Å². The zero-order valence-corrected chi connectivity index (χ0v) is 50.1. The fraction of sp³-hybridized carbons (Fsp3) is 0.812. The van der Waals surface area contributed by atoms with E-state index in [1.807, 2.05) is 0 Å². The monoisotopic (exact) mass is 1050 g/mol. The van der Waals surface area contributed by atoms with E-state index >= 15 is 0 Å². The van der Waals surface area contributed by atoms with Gasteiger partial charge in [-0.1, -0.05) is 300 Å². The highest BCUT2D eigenvalue weighted by molar-refractivity contribution is 5.71. The van der Waals surface area contributed by atoms with Gasteiger partial charge in [-0.25, -0.2) is 0 Å².